The van der Waals surface area contributed by atoms with Gasteiger partial charge in [-0.3, -0.25) is 4.79 Å². The molecule has 0 atom stereocenters. The van der Waals surface area contributed by atoms with Crippen LogP contribution in [0.15, 0.2) is 47.4 Å². The third kappa shape index (κ3) is 4.56. The highest BCUT2D eigenvalue weighted by atomic mass is 35.7. The number of benzene rings is 2. The highest BCUT2D eigenvalue weighted by Gasteiger charge is 2.14. The number of carbonyl (C=O) groups excluding carboxylic acids is 2. The van der Waals surface area contributed by atoms with Crippen molar-refractivity contribution in [2.75, 3.05) is 10.6 Å². The smallest absolute Gasteiger partial charge is 0.308 e. The van der Waals surface area contributed by atoms with E-state index in [-0.39, 0.29) is 10.7 Å². The third-order valence-corrected chi connectivity index (χ3v) is 4.73. The molecule has 2 aromatic rings. The Kier molecular flexibility index (Phi) is 5.26. The minimum atomic E-state index is -3.82. The fourth-order valence-corrected chi connectivity index (χ4v) is 3.28. The van der Waals surface area contributed by atoms with Gasteiger partial charge in [-0.2, -0.15) is 0 Å². The van der Waals surface area contributed by atoms with E-state index in [0.717, 1.165) is 0 Å². The van der Waals surface area contributed by atoms with Crippen molar-refractivity contribution in [3.05, 3.63) is 53.6 Å². The van der Waals surface area contributed by atoms with Gasteiger partial charge in [0.05, 0.1) is 4.90 Å². The van der Waals surface area contributed by atoms with Crippen LogP contribution in [-0.4, -0.2) is 20.2 Å². The maximum Gasteiger partial charge on any atom is 0.323 e. The number of halogens is 1. The molecule has 0 aliphatic rings. The molecule has 0 heterocycles. The molecule has 2 amide bonds. The van der Waals surface area contributed by atoms with Crippen LogP contribution in [0.4, 0.5) is 16.2 Å². The van der Waals surface area contributed by atoms with Crippen molar-refractivity contribution in [1.82, 2.24) is 0 Å². The number of ketones is 1. The predicted molar refractivity (Wildman–Crippen MR) is 93.3 cm³/mol. The first-order valence-corrected chi connectivity index (χ1v) is 9.22. The largest absolute Gasteiger partial charge is 0.323 e. The van der Waals surface area contributed by atoms with Crippen LogP contribution < -0.4 is 10.6 Å². The monoisotopic (exact) mass is 366 g/mol. The van der Waals surface area contributed by atoms with Crippen molar-refractivity contribution in [2.24, 2.45) is 0 Å². The minimum absolute atomic E-state index is 0.00468. The lowest BCUT2D eigenvalue weighted by Crippen LogP contribution is -2.19. The number of hydrogen-bond donors (Lipinski definition) is 2. The second-order valence-corrected chi connectivity index (χ2v) is 7.67. The number of anilines is 2. The SMILES string of the molecule is CC(=O)c1ccc(NC(=O)Nc2ccc(S(=O)(=O)Cl)c(C)c2)cc1. The van der Waals surface area contributed by atoms with E-state index in [1.165, 1.54) is 25.1 Å². The van der Waals surface area contributed by atoms with Crippen LogP contribution in [-0.2, 0) is 9.05 Å². The van der Waals surface area contributed by atoms with Crippen LogP contribution in [0.5, 0.6) is 0 Å². The van der Waals surface area contributed by atoms with Crippen molar-refractivity contribution in [3.8, 4) is 0 Å². The van der Waals surface area contributed by atoms with Gasteiger partial charge in [0, 0.05) is 27.6 Å². The topological polar surface area (TPSA) is 92.3 Å². The number of carbonyl (C=O) groups is 2. The minimum Gasteiger partial charge on any atom is -0.308 e. The summed E-state index contributed by atoms with van der Waals surface area (Å²) >= 11 is 0. The van der Waals surface area contributed by atoms with Crippen LogP contribution in [0.25, 0.3) is 0 Å². The Balaban J connectivity index is 2.07. The van der Waals surface area contributed by atoms with Crippen molar-refractivity contribution in [2.45, 2.75) is 18.7 Å². The normalized spacial score (nSPS) is 11.0. The van der Waals surface area contributed by atoms with Crippen LogP contribution >= 0.6 is 10.7 Å². The quantitative estimate of drug-likeness (QED) is 0.636. The summed E-state index contributed by atoms with van der Waals surface area (Å²) in [4.78, 5) is 23.2. The second kappa shape index (κ2) is 7.02. The molecule has 0 aliphatic carbocycles. The zero-order valence-corrected chi connectivity index (χ0v) is 14.5. The molecule has 0 unspecified atom stereocenters. The molecule has 2 rings (SSSR count). The molecule has 0 saturated heterocycles. The molecule has 0 saturated carbocycles. The maximum atomic E-state index is 12.0. The van der Waals surface area contributed by atoms with Gasteiger partial charge in [-0.25, -0.2) is 13.2 Å². The highest BCUT2D eigenvalue weighted by molar-refractivity contribution is 8.13. The highest BCUT2D eigenvalue weighted by Crippen LogP contribution is 2.23. The van der Waals surface area contributed by atoms with Gasteiger partial charge >= 0.3 is 6.03 Å². The number of aryl methyl sites for hydroxylation is 1. The predicted octanol–water partition coefficient (Wildman–Crippen LogP) is 3.77. The summed E-state index contributed by atoms with van der Waals surface area (Å²) < 4.78 is 22.7. The second-order valence-electron chi connectivity index (χ2n) is 5.13. The molecule has 6 nitrogen and oxygen atoms in total. The summed E-state index contributed by atoms with van der Waals surface area (Å²) in [5, 5.41) is 5.21. The zero-order chi connectivity index (χ0) is 17.9. The number of rotatable bonds is 4. The number of urea groups is 1. The van der Waals surface area contributed by atoms with Crippen molar-refractivity contribution < 1.29 is 18.0 Å². The van der Waals surface area contributed by atoms with E-state index in [4.69, 9.17) is 10.7 Å². The number of Topliss-reactive ketones (excluding diaryl/α,β-unsaturated/α-hetero) is 1. The van der Waals surface area contributed by atoms with Crippen molar-refractivity contribution in [1.29, 1.82) is 0 Å². The lowest BCUT2D eigenvalue weighted by molar-refractivity contribution is 0.101. The Morgan fingerprint density at radius 2 is 1.50 bits per heavy atom. The Hall–Kier alpha value is -2.38. The lowest BCUT2D eigenvalue weighted by atomic mass is 10.1. The maximum absolute atomic E-state index is 12.0. The Morgan fingerprint density at radius 3 is 2.00 bits per heavy atom. The van der Waals surface area contributed by atoms with E-state index in [1.807, 2.05) is 0 Å². The van der Waals surface area contributed by atoms with E-state index in [2.05, 4.69) is 10.6 Å². The van der Waals surface area contributed by atoms with Crippen molar-refractivity contribution in [3.63, 3.8) is 0 Å². The van der Waals surface area contributed by atoms with Gasteiger partial charge in [-0.05, 0) is 61.9 Å². The molecule has 0 bridgehead atoms. The molecular weight excluding hydrogens is 352 g/mol. The average molecular weight is 367 g/mol. The zero-order valence-electron chi connectivity index (χ0n) is 13.0. The molecule has 2 N–H and O–H groups in total. The van der Waals surface area contributed by atoms with Crippen LogP contribution in [0.2, 0.25) is 0 Å². The first-order chi connectivity index (χ1) is 11.2. The molecule has 0 spiro atoms. The van der Waals surface area contributed by atoms with E-state index in [0.29, 0.717) is 22.5 Å². The molecule has 0 radical (unpaired) electrons. The van der Waals surface area contributed by atoms with Crippen molar-refractivity contribution >= 4 is 42.9 Å². The number of nitrogens with one attached hydrogen (secondary N) is 2. The van der Waals surface area contributed by atoms with E-state index in [1.54, 1.807) is 31.2 Å². The molecule has 0 aromatic heterocycles. The summed E-state index contributed by atoms with van der Waals surface area (Å²) in [5.74, 6) is -0.0594. The average Bonchev–Trinajstić information content (AvgIpc) is 2.46. The van der Waals surface area contributed by atoms with Crippen LogP contribution in [0.3, 0.4) is 0 Å². The van der Waals surface area contributed by atoms with E-state index < -0.39 is 15.1 Å². The van der Waals surface area contributed by atoms with Gasteiger partial charge in [0.15, 0.2) is 5.78 Å². The number of hydrogen-bond acceptors (Lipinski definition) is 4. The Bertz CT molecular complexity index is 893. The van der Waals surface area contributed by atoms with Gasteiger partial charge in [0.1, 0.15) is 0 Å². The molecule has 24 heavy (non-hydrogen) atoms. The molecule has 0 fully saturated rings. The Morgan fingerprint density at radius 1 is 0.958 bits per heavy atom. The Labute approximate surface area is 144 Å². The summed E-state index contributed by atoms with van der Waals surface area (Å²) in [7, 11) is 1.49. The van der Waals surface area contributed by atoms with Gasteiger partial charge in [0.2, 0.25) is 0 Å². The molecule has 8 heteroatoms. The van der Waals surface area contributed by atoms with Crippen LogP contribution in [0.1, 0.15) is 22.8 Å². The van der Waals surface area contributed by atoms with Gasteiger partial charge < -0.3 is 10.6 Å². The third-order valence-electron chi connectivity index (χ3n) is 3.24. The fourth-order valence-electron chi connectivity index (χ4n) is 2.08. The van der Waals surface area contributed by atoms with Crippen LogP contribution in [0, 0.1) is 6.92 Å². The molecular formula is C16H15ClN2O4S. The molecule has 2 aromatic carbocycles. The standard InChI is InChI=1S/C16H15ClN2O4S/c1-10-9-14(7-8-15(10)24(17,22)23)19-16(21)18-13-5-3-12(4-6-13)11(2)20/h3-9H,1-2H3,(H2,18,19,21). The summed E-state index contributed by atoms with van der Waals surface area (Å²) in [6.07, 6.45) is 0. The summed E-state index contributed by atoms with van der Waals surface area (Å²) in [5.41, 5.74) is 1.92. The van der Waals surface area contributed by atoms with Gasteiger partial charge in [-0.15, -0.1) is 0 Å². The first-order valence-electron chi connectivity index (χ1n) is 6.91. The lowest BCUT2D eigenvalue weighted by Gasteiger charge is -2.10. The van der Waals surface area contributed by atoms with E-state index >= 15 is 0 Å². The van der Waals surface area contributed by atoms with Gasteiger partial charge in [-0.1, -0.05) is 0 Å². The number of amides is 2. The molecule has 0 aliphatic heterocycles. The first kappa shape index (κ1) is 18.0. The molecule has 126 valence electrons. The summed E-state index contributed by atoms with van der Waals surface area (Å²) in [6, 6.07) is 10.2. The van der Waals surface area contributed by atoms with Gasteiger partial charge in [0.25, 0.3) is 9.05 Å². The van der Waals surface area contributed by atoms with E-state index in [9.17, 15) is 18.0 Å². The summed E-state index contributed by atoms with van der Waals surface area (Å²) in [6.45, 7) is 3.04. The fraction of sp³-hybridized carbons (Fsp3) is 0.125.